The van der Waals surface area contributed by atoms with Crippen molar-refractivity contribution in [3.05, 3.63) is 33.8 Å². The van der Waals surface area contributed by atoms with E-state index < -0.39 is 0 Å². The first-order chi connectivity index (χ1) is 10.4. The molecule has 1 heterocycles. The minimum Gasteiger partial charge on any atom is -0.460 e. The third-order valence-corrected chi connectivity index (χ3v) is 4.64. The molecule has 0 aliphatic carbocycles. The molecule has 1 fully saturated rings. The van der Waals surface area contributed by atoms with Crippen molar-refractivity contribution in [2.24, 2.45) is 17.6 Å². The second-order valence-corrected chi connectivity index (χ2v) is 6.80. The zero-order chi connectivity index (χ0) is 16.3. The van der Waals surface area contributed by atoms with E-state index in [1.807, 2.05) is 19.9 Å². The quantitative estimate of drug-likeness (QED) is 0.802. The van der Waals surface area contributed by atoms with Gasteiger partial charge in [0.15, 0.2) is 0 Å². The smallest absolute Gasteiger partial charge is 0.309 e. The van der Waals surface area contributed by atoms with Crippen LogP contribution >= 0.6 is 23.2 Å². The Balaban J connectivity index is 1.79. The fourth-order valence-electron chi connectivity index (χ4n) is 2.49. The summed E-state index contributed by atoms with van der Waals surface area (Å²) in [5.41, 5.74) is 6.99. The van der Waals surface area contributed by atoms with Crippen molar-refractivity contribution < 1.29 is 14.3 Å². The van der Waals surface area contributed by atoms with Crippen LogP contribution in [0.5, 0.6) is 0 Å². The monoisotopic (exact) mass is 345 g/mol. The Kier molecular flexibility index (Phi) is 6.09. The van der Waals surface area contributed by atoms with E-state index in [0.29, 0.717) is 29.7 Å². The highest BCUT2D eigenvalue weighted by Crippen LogP contribution is 2.29. The van der Waals surface area contributed by atoms with Gasteiger partial charge in [-0.2, -0.15) is 0 Å². The number of halogens is 2. The van der Waals surface area contributed by atoms with Crippen LogP contribution in [0.15, 0.2) is 18.2 Å². The number of hydrogen-bond donors (Lipinski definition) is 1. The lowest BCUT2D eigenvalue weighted by Gasteiger charge is -2.18. The maximum absolute atomic E-state index is 11.7. The summed E-state index contributed by atoms with van der Waals surface area (Å²) < 4.78 is 11.0. The number of hydrogen-bond acceptors (Lipinski definition) is 4. The second-order valence-electron chi connectivity index (χ2n) is 5.99. The molecule has 2 unspecified atom stereocenters. The van der Waals surface area contributed by atoms with Crippen molar-refractivity contribution in [3.8, 4) is 0 Å². The molecule has 2 rings (SSSR count). The predicted octanol–water partition coefficient (Wildman–Crippen LogP) is 3.43. The molecule has 22 heavy (non-hydrogen) atoms. The summed E-state index contributed by atoms with van der Waals surface area (Å²) in [5.74, 6) is 0.0490. The number of nitrogens with two attached hydrogens (primary N) is 1. The summed E-state index contributed by atoms with van der Waals surface area (Å²) in [6, 6.07) is 5.02. The normalized spacial score (nSPS) is 22.9. The molecule has 0 saturated carbocycles. The molecule has 1 saturated heterocycles. The number of rotatable bonds is 6. The number of ether oxygens (including phenoxy) is 2. The maximum atomic E-state index is 11.7. The van der Waals surface area contributed by atoms with Gasteiger partial charge in [0, 0.05) is 0 Å². The number of benzene rings is 1. The van der Waals surface area contributed by atoms with Crippen LogP contribution in [-0.4, -0.2) is 24.7 Å². The number of carbonyl (C=O) groups is 1. The first-order valence-electron chi connectivity index (χ1n) is 7.36. The SMILES string of the molecule is CC(C)[C@@H]1CC(C(N)COCc2ccc(Cl)c(Cl)c2)OC1=O. The minimum absolute atomic E-state index is 0.0638. The molecule has 1 aliphatic heterocycles. The molecule has 0 radical (unpaired) electrons. The zero-order valence-corrected chi connectivity index (χ0v) is 14.2. The van der Waals surface area contributed by atoms with E-state index in [-0.39, 0.29) is 30.0 Å². The Labute approximate surface area is 140 Å². The van der Waals surface area contributed by atoms with Gasteiger partial charge in [-0.3, -0.25) is 4.79 Å². The highest BCUT2D eigenvalue weighted by atomic mass is 35.5. The highest BCUT2D eigenvalue weighted by molar-refractivity contribution is 6.42. The Morgan fingerprint density at radius 3 is 2.68 bits per heavy atom. The molecule has 0 spiro atoms. The van der Waals surface area contributed by atoms with Gasteiger partial charge in [0.2, 0.25) is 0 Å². The first kappa shape index (κ1) is 17.5. The van der Waals surface area contributed by atoms with E-state index in [0.717, 1.165) is 5.56 Å². The molecule has 0 aromatic heterocycles. The van der Waals surface area contributed by atoms with Crippen LogP contribution < -0.4 is 5.73 Å². The van der Waals surface area contributed by atoms with E-state index in [1.54, 1.807) is 12.1 Å². The van der Waals surface area contributed by atoms with Gasteiger partial charge in [0.25, 0.3) is 0 Å². The lowest BCUT2D eigenvalue weighted by atomic mass is 9.91. The van der Waals surface area contributed by atoms with Gasteiger partial charge in [-0.25, -0.2) is 0 Å². The summed E-state index contributed by atoms with van der Waals surface area (Å²) in [5, 5.41) is 1.01. The van der Waals surface area contributed by atoms with Crippen LogP contribution in [0.1, 0.15) is 25.8 Å². The molecule has 0 amide bonds. The number of cyclic esters (lactones) is 1. The topological polar surface area (TPSA) is 61.6 Å². The first-order valence-corrected chi connectivity index (χ1v) is 8.11. The molecule has 1 aromatic carbocycles. The summed E-state index contributed by atoms with van der Waals surface area (Å²) in [4.78, 5) is 11.7. The third-order valence-electron chi connectivity index (χ3n) is 3.90. The van der Waals surface area contributed by atoms with E-state index in [2.05, 4.69) is 0 Å². The van der Waals surface area contributed by atoms with Gasteiger partial charge in [-0.15, -0.1) is 0 Å². The second kappa shape index (κ2) is 7.64. The van der Waals surface area contributed by atoms with Crippen LogP contribution in [0.2, 0.25) is 10.0 Å². The Morgan fingerprint density at radius 1 is 1.36 bits per heavy atom. The van der Waals surface area contributed by atoms with E-state index >= 15 is 0 Å². The molecule has 1 aromatic rings. The molecule has 6 heteroatoms. The summed E-state index contributed by atoms with van der Waals surface area (Å²) in [6.45, 7) is 4.74. The fourth-order valence-corrected chi connectivity index (χ4v) is 2.81. The Hall–Kier alpha value is -0.810. The van der Waals surface area contributed by atoms with Crippen LogP contribution in [0, 0.1) is 11.8 Å². The van der Waals surface area contributed by atoms with Gasteiger partial charge in [0.1, 0.15) is 6.10 Å². The van der Waals surface area contributed by atoms with Gasteiger partial charge >= 0.3 is 5.97 Å². The van der Waals surface area contributed by atoms with Gasteiger partial charge in [-0.05, 0) is 30.0 Å². The van der Waals surface area contributed by atoms with Crippen molar-refractivity contribution in [2.45, 2.75) is 39.0 Å². The standard InChI is InChI=1S/C16H21Cl2NO3/c1-9(2)11-6-15(22-16(11)20)14(19)8-21-7-10-3-4-12(17)13(18)5-10/h3-5,9,11,14-15H,6-8,19H2,1-2H3/t11-,14?,15?/m0/s1. The van der Waals surface area contributed by atoms with Crippen molar-refractivity contribution in [3.63, 3.8) is 0 Å². The minimum atomic E-state index is -0.324. The fraction of sp³-hybridized carbons (Fsp3) is 0.562. The van der Waals surface area contributed by atoms with Crippen LogP contribution in [0.25, 0.3) is 0 Å². The Morgan fingerprint density at radius 2 is 2.09 bits per heavy atom. The van der Waals surface area contributed by atoms with Gasteiger partial charge in [-0.1, -0.05) is 43.1 Å². The van der Waals surface area contributed by atoms with Crippen molar-refractivity contribution in [2.75, 3.05) is 6.61 Å². The number of carbonyl (C=O) groups excluding carboxylic acids is 1. The van der Waals surface area contributed by atoms with Gasteiger partial charge < -0.3 is 15.2 Å². The molecule has 2 N–H and O–H groups in total. The molecule has 3 atom stereocenters. The zero-order valence-electron chi connectivity index (χ0n) is 12.7. The largest absolute Gasteiger partial charge is 0.460 e. The van der Waals surface area contributed by atoms with Crippen molar-refractivity contribution in [1.29, 1.82) is 0 Å². The third kappa shape index (κ3) is 4.35. The molecule has 0 bridgehead atoms. The summed E-state index contributed by atoms with van der Waals surface area (Å²) in [7, 11) is 0. The molecular formula is C16H21Cl2NO3. The average Bonchev–Trinajstić information content (AvgIpc) is 2.85. The number of esters is 1. The Bertz CT molecular complexity index is 536. The van der Waals surface area contributed by atoms with E-state index in [4.69, 9.17) is 38.4 Å². The predicted molar refractivity (Wildman–Crippen MR) is 86.9 cm³/mol. The lowest BCUT2D eigenvalue weighted by Crippen LogP contribution is -2.38. The average molecular weight is 346 g/mol. The lowest BCUT2D eigenvalue weighted by molar-refractivity contribution is -0.146. The highest BCUT2D eigenvalue weighted by Gasteiger charge is 2.39. The van der Waals surface area contributed by atoms with Crippen molar-refractivity contribution in [1.82, 2.24) is 0 Å². The van der Waals surface area contributed by atoms with Crippen molar-refractivity contribution >= 4 is 29.2 Å². The van der Waals surface area contributed by atoms with E-state index in [9.17, 15) is 4.79 Å². The molecule has 122 valence electrons. The maximum Gasteiger partial charge on any atom is 0.309 e. The summed E-state index contributed by atoms with van der Waals surface area (Å²) >= 11 is 11.8. The molecule has 1 aliphatic rings. The summed E-state index contributed by atoms with van der Waals surface area (Å²) in [6.07, 6.45) is 0.391. The van der Waals surface area contributed by atoms with E-state index in [1.165, 1.54) is 0 Å². The molecule has 4 nitrogen and oxygen atoms in total. The van der Waals surface area contributed by atoms with Crippen LogP contribution in [0.4, 0.5) is 0 Å². The van der Waals surface area contributed by atoms with Gasteiger partial charge in [0.05, 0.1) is 35.2 Å². The molecular weight excluding hydrogens is 325 g/mol. The van der Waals surface area contributed by atoms with Crippen LogP contribution in [-0.2, 0) is 20.9 Å². The van der Waals surface area contributed by atoms with Crippen LogP contribution in [0.3, 0.4) is 0 Å².